The third kappa shape index (κ3) is 5.62. The molecule has 0 radical (unpaired) electrons. The zero-order valence-corrected chi connectivity index (χ0v) is 13.0. The van der Waals surface area contributed by atoms with Crippen molar-refractivity contribution < 1.29 is 8.42 Å². The molecule has 0 spiro atoms. The highest BCUT2D eigenvalue weighted by Gasteiger charge is 2.31. The number of rotatable bonds is 5. The van der Waals surface area contributed by atoms with Gasteiger partial charge in [-0.05, 0) is 19.8 Å². The average molecular weight is 279 g/mol. The van der Waals surface area contributed by atoms with E-state index in [-0.39, 0.29) is 10.00 Å². The van der Waals surface area contributed by atoms with E-state index in [2.05, 4.69) is 33.0 Å². The first-order valence-electron chi connectivity index (χ1n) is 6.29. The van der Waals surface area contributed by atoms with Crippen molar-refractivity contribution in [3.8, 4) is 0 Å². The van der Waals surface area contributed by atoms with Crippen LogP contribution in [0.15, 0.2) is 0 Å². The maximum atomic E-state index is 11.6. The molecule has 0 amide bonds. The Morgan fingerprint density at radius 3 is 2.53 bits per heavy atom. The monoisotopic (exact) mass is 279 g/mol. The fraction of sp³-hybridized carbons (Fsp3) is 1.00. The maximum absolute atomic E-state index is 11.6. The Hall–Kier alpha value is 0.260. The summed E-state index contributed by atoms with van der Waals surface area (Å²) >= 11 is 1.91. The van der Waals surface area contributed by atoms with Crippen LogP contribution in [0, 0.1) is 0 Å². The number of thioether (sulfide) groups is 1. The van der Waals surface area contributed by atoms with E-state index in [0.29, 0.717) is 18.3 Å². The van der Waals surface area contributed by atoms with Crippen molar-refractivity contribution in [3.63, 3.8) is 0 Å². The molecule has 0 unspecified atom stereocenters. The topological polar surface area (TPSA) is 46.2 Å². The van der Waals surface area contributed by atoms with Gasteiger partial charge in [-0.2, -0.15) is 11.8 Å². The van der Waals surface area contributed by atoms with Crippen LogP contribution >= 0.6 is 11.8 Å². The van der Waals surface area contributed by atoms with Crippen LogP contribution in [0.3, 0.4) is 0 Å². The summed E-state index contributed by atoms with van der Waals surface area (Å²) in [5, 5.41) is 3.20. The highest BCUT2D eigenvalue weighted by molar-refractivity contribution is 8.00. The van der Waals surface area contributed by atoms with Gasteiger partial charge in [0.1, 0.15) is 0 Å². The van der Waals surface area contributed by atoms with Crippen LogP contribution in [0.5, 0.6) is 0 Å². The molecule has 17 heavy (non-hydrogen) atoms. The van der Waals surface area contributed by atoms with E-state index in [0.717, 1.165) is 18.6 Å². The van der Waals surface area contributed by atoms with E-state index in [1.807, 2.05) is 11.8 Å². The molecular formula is C12H25NO2S2. The second kappa shape index (κ2) is 5.93. The molecule has 1 heterocycles. The zero-order valence-electron chi connectivity index (χ0n) is 11.3. The summed E-state index contributed by atoms with van der Waals surface area (Å²) in [6.45, 7) is 9.35. The van der Waals surface area contributed by atoms with Crippen LogP contribution in [-0.2, 0) is 9.84 Å². The molecular weight excluding hydrogens is 254 g/mol. The van der Waals surface area contributed by atoms with E-state index in [4.69, 9.17) is 0 Å². The second-order valence-corrected chi connectivity index (χ2v) is 10.1. The van der Waals surface area contributed by atoms with Gasteiger partial charge in [0.25, 0.3) is 0 Å². The molecule has 5 heteroatoms. The first-order valence-corrected chi connectivity index (χ1v) is 9.00. The fourth-order valence-corrected chi connectivity index (χ4v) is 4.50. The van der Waals surface area contributed by atoms with Gasteiger partial charge in [0.2, 0.25) is 0 Å². The molecule has 0 saturated carbocycles. The van der Waals surface area contributed by atoms with Crippen molar-refractivity contribution in [3.05, 3.63) is 0 Å². The Labute approximate surface area is 110 Å². The molecule has 0 bridgehead atoms. The minimum Gasteiger partial charge on any atom is -0.312 e. The van der Waals surface area contributed by atoms with Crippen LogP contribution in [-0.4, -0.2) is 42.5 Å². The molecule has 1 aliphatic heterocycles. The normalized spacial score (nSPS) is 26.0. The van der Waals surface area contributed by atoms with Crippen molar-refractivity contribution >= 4 is 21.6 Å². The predicted molar refractivity (Wildman–Crippen MR) is 76.5 cm³/mol. The maximum Gasteiger partial charge on any atom is 0.154 e. The summed E-state index contributed by atoms with van der Waals surface area (Å²) in [4.78, 5) is 0. The largest absolute Gasteiger partial charge is 0.312 e. The molecule has 0 aromatic rings. The second-order valence-electron chi connectivity index (χ2n) is 5.86. The number of hydrogen-bond donors (Lipinski definition) is 1. The zero-order chi connectivity index (χ0) is 13.1. The van der Waals surface area contributed by atoms with Crippen LogP contribution in [0.2, 0.25) is 0 Å². The summed E-state index contributed by atoms with van der Waals surface area (Å²) in [6.07, 6.45) is 1.66. The quantitative estimate of drug-likeness (QED) is 0.837. The van der Waals surface area contributed by atoms with E-state index in [1.165, 1.54) is 0 Å². The Balaban J connectivity index is 2.27. The molecule has 1 aliphatic rings. The van der Waals surface area contributed by atoms with Crippen LogP contribution in [0.1, 0.15) is 40.5 Å². The fourth-order valence-electron chi connectivity index (χ4n) is 1.85. The van der Waals surface area contributed by atoms with E-state index in [1.54, 1.807) is 0 Å². The smallest absolute Gasteiger partial charge is 0.154 e. The molecule has 1 rings (SSSR count). The summed E-state index contributed by atoms with van der Waals surface area (Å²) in [6, 6.07) is 0.370. The van der Waals surface area contributed by atoms with Gasteiger partial charge in [-0.3, -0.25) is 0 Å². The van der Waals surface area contributed by atoms with Crippen molar-refractivity contribution in [1.82, 2.24) is 5.32 Å². The van der Waals surface area contributed by atoms with Gasteiger partial charge in [0.15, 0.2) is 9.84 Å². The Morgan fingerprint density at radius 2 is 2.06 bits per heavy atom. The standard InChI is InChI=1S/C12H25NO2S2/c1-10(9-16-12(2,3)4)13-8-11-6-5-7-17(11,14)15/h10-11,13H,5-9H2,1-4H3/t10-,11+/m1/s1. The van der Waals surface area contributed by atoms with Crippen LogP contribution in [0.25, 0.3) is 0 Å². The summed E-state index contributed by atoms with van der Waals surface area (Å²) in [5.74, 6) is 1.40. The molecule has 3 nitrogen and oxygen atoms in total. The molecule has 1 saturated heterocycles. The van der Waals surface area contributed by atoms with Gasteiger partial charge in [-0.15, -0.1) is 0 Å². The Morgan fingerprint density at radius 1 is 1.41 bits per heavy atom. The summed E-state index contributed by atoms with van der Waals surface area (Å²) in [7, 11) is -2.80. The van der Waals surface area contributed by atoms with E-state index < -0.39 is 9.84 Å². The van der Waals surface area contributed by atoms with Crippen molar-refractivity contribution in [1.29, 1.82) is 0 Å². The van der Waals surface area contributed by atoms with Gasteiger partial charge in [0, 0.05) is 23.1 Å². The van der Waals surface area contributed by atoms with E-state index >= 15 is 0 Å². The van der Waals surface area contributed by atoms with Crippen LogP contribution < -0.4 is 5.32 Å². The highest BCUT2D eigenvalue weighted by atomic mass is 32.2. The number of nitrogens with one attached hydrogen (secondary N) is 1. The molecule has 0 aromatic heterocycles. The molecule has 2 atom stereocenters. The third-order valence-electron chi connectivity index (χ3n) is 2.92. The first-order chi connectivity index (χ1) is 7.71. The lowest BCUT2D eigenvalue weighted by Gasteiger charge is -2.22. The number of hydrogen-bond acceptors (Lipinski definition) is 4. The van der Waals surface area contributed by atoms with Gasteiger partial charge in [-0.25, -0.2) is 8.42 Å². The van der Waals surface area contributed by atoms with Gasteiger partial charge >= 0.3 is 0 Å². The highest BCUT2D eigenvalue weighted by Crippen LogP contribution is 2.24. The van der Waals surface area contributed by atoms with E-state index in [9.17, 15) is 8.42 Å². The van der Waals surface area contributed by atoms with Crippen molar-refractivity contribution in [2.75, 3.05) is 18.1 Å². The first kappa shape index (κ1) is 15.3. The van der Waals surface area contributed by atoms with Crippen molar-refractivity contribution in [2.45, 2.75) is 56.6 Å². The average Bonchev–Trinajstić information content (AvgIpc) is 2.50. The minimum absolute atomic E-state index is 0.149. The Bertz CT molecular complexity index is 333. The lowest BCUT2D eigenvalue weighted by atomic mass is 10.2. The van der Waals surface area contributed by atoms with Crippen LogP contribution in [0.4, 0.5) is 0 Å². The predicted octanol–water partition coefficient (Wildman–Crippen LogP) is 2.07. The summed E-state index contributed by atoms with van der Waals surface area (Å²) < 4.78 is 23.6. The number of sulfone groups is 1. The van der Waals surface area contributed by atoms with Gasteiger partial charge < -0.3 is 5.32 Å². The molecule has 1 N–H and O–H groups in total. The molecule has 0 aliphatic carbocycles. The minimum atomic E-state index is -2.80. The third-order valence-corrected chi connectivity index (χ3v) is 6.73. The Kier molecular flexibility index (Phi) is 5.35. The summed E-state index contributed by atoms with van der Waals surface area (Å²) in [5.41, 5.74) is 0. The lowest BCUT2D eigenvalue weighted by Crippen LogP contribution is -2.37. The lowest BCUT2D eigenvalue weighted by molar-refractivity contribution is 0.548. The SMILES string of the molecule is C[C@H](CSC(C)(C)C)NC[C@@H]1CCCS1(=O)=O. The molecule has 1 fully saturated rings. The van der Waals surface area contributed by atoms with Crippen molar-refractivity contribution in [2.24, 2.45) is 0 Å². The van der Waals surface area contributed by atoms with Gasteiger partial charge in [0.05, 0.1) is 11.0 Å². The molecule has 0 aromatic carbocycles. The van der Waals surface area contributed by atoms with Gasteiger partial charge in [-0.1, -0.05) is 20.8 Å². The molecule has 102 valence electrons.